The predicted octanol–water partition coefficient (Wildman–Crippen LogP) is 3.47. The molecule has 3 nitrogen and oxygen atoms in total. The molecule has 0 aliphatic carbocycles. The summed E-state index contributed by atoms with van der Waals surface area (Å²) in [5.41, 5.74) is -1.09. The number of nitrogens with zero attached hydrogens (tertiary/aromatic N) is 1. The number of carboxylic acids is 1. The second-order valence-electron chi connectivity index (χ2n) is 3.80. The molecule has 0 radical (unpaired) electrons. The van der Waals surface area contributed by atoms with Gasteiger partial charge in [0.15, 0.2) is 0 Å². The molecule has 0 fully saturated rings. The van der Waals surface area contributed by atoms with Crippen LogP contribution in [0, 0.1) is 0 Å². The number of benzene rings is 1. The Morgan fingerprint density at radius 2 is 1.68 bits per heavy atom. The summed E-state index contributed by atoms with van der Waals surface area (Å²) in [7, 11) is 0. The van der Waals surface area contributed by atoms with Gasteiger partial charge in [0.25, 0.3) is 0 Å². The Morgan fingerprint density at radius 1 is 1.05 bits per heavy atom. The average molecular weight is 267 g/mol. The van der Waals surface area contributed by atoms with Crippen molar-refractivity contribution in [2.24, 2.45) is 0 Å². The Morgan fingerprint density at radius 3 is 2.21 bits per heavy atom. The van der Waals surface area contributed by atoms with Gasteiger partial charge in [-0.3, -0.25) is 4.98 Å². The first kappa shape index (κ1) is 13.1. The van der Waals surface area contributed by atoms with Crippen LogP contribution in [0.4, 0.5) is 13.2 Å². The molecule has 2 rings (SSSR count). The number of aromatic carboxylic acids is 1. The van der Waals surface area contributed by atoms with Crippen molar-refractivity contribution in [2.45, 2.75) is 6.18 Å². The minimum absolute atomic E-state index is 0.291. The van der Waals surface area contributed by atoms with Crippen molar-refractivity contribution in [2.75, 3.05) is 0 Å². The third-order valence-electron chi connectivity index (χ3n) is 2.57. The minimum Gasteiger partial charge on any atom is -0.478 e. The van der Waals surface area contributed by atoms with E-state index in [-0.39, 0.29) is 0 Å². The molecule has 0 spiro atoms. The molecule has 1 aromatic heterocycles. The van der Waals surface area contributed by atoms with Crippen LogP contribution in [0.2, 0.25) is 0 Å². The zero-order valence-electron chi connectivity index (χ0n) is 9.48. The van der Waals surface area contributed by atoms with E-state index in [9.17, 15) is 18.0 Å². The maximum absolute atomic E-state index is 12.8. The van der Waals surface area contributed by atoms with Gasteiger partial charge >= 0.3 is 12.1 Å². The number of alkyl halides is 3. The highest BCUT2D eigenvalue weighted by Gasteiger charge is 2.35. The molecule has 0 unspecified atom stereocenters. The van der Waals surface area contributed by atoms with Crippen LogP contribution in [-0.2, 0) is 6.18 Å². The van der Waals surface area contributed by atoms with Gasteiger partial charge in [-0.2, -0.15) is 13.2 Å². The van der Waals surface area contributed by atoms with E-state index in [2.05, 4.69) is 4.98 Å². The summed E-state index contributed by atoms with van der Waals surface area (Å²) in [4.78, 5) is 14.6. The van der Waals surface area contributed by atoms with Crippen LogP contribution in [0.15, 0.2) is 42.7 Å². The van der Waals surface area contributed by atoms with Crippen molar-refractivity contribution in [3.8, 4) is 11.1 Å². The lowest BCUT2D eigenvalue weighted by Crippen LogP contribution is -2.12. The summed E-state index contributed by atoms with van der Waals surface area (Å²) in [6, 6.07) is 6.24. The van der Waals surface area contributed by atoms with E-state index in [1.54, 1.807) is 12.1 Å². The number of pyridine rings is 1. The van der Waals surface area contributed by atoms with E-state index in [0.717, 1.165) is 12.1 Å². The third kappa shape index (κ3) is 2.73. The highest BCUT2D eigenvalue weighted by Crippen LogP contribution is 2.34. The summed E-state index contributed by atoms with van der Waals surface area (Å²) >= 11 is 0. The van der Waals surface area contributed by atoms with Gasteiger partial charge in [0.1, 0.15) is 0 Å². The van der Waals surface area contributed by atoms with Crippen molar-refractivity contribution >= 4 is 5.97 Å². The monoisotopic (exact) mass is 267 g/mol. The van der Waals surface area contributed by atoms with E-state index in [4.69, 9.17) is 5.11 Å². The summed E-state index contributed by atoms with van der Waals surface area (Å²) in [6.45, 7) is 0. The number of carbonyl (C=O) groups is 1. The largest absolute Gasteiger partial charge is 0.478 e. The zero-order chi connectivity index (χ0) is 14.0. The van der Waals surface area contributed by atoms with Crippen LogP contribution in [0.1, 0.15) is 15.9 Å². The van der Waals surface area contributed by atoms with Crippen LogP contribution >= 0.6 is 0 Å². The highest BCUT2D eigenvalue weighted by molar-refractivity contribution is 5.90. The fraction of sp³-hybridized carbons (Fsp3) is 0.0769. The maximum Gasteiger partial charge on any atom is 0.417 e. The Bertz CT molecular complexity index is 609. The molecular formula is C13H8F3NO2. The number of carboxylic acid groups (broad SMARTS) is 1. The second-order valence-corrected chi connectivity index (χ2v) is 3.80. The van der Waals surface area contributed by atoms with E-state index >= 15 is 0 Å². The molecule has 19 heavy (non-hydrogen) atoms. The lowest BCUT2D eigenvalue weighted by atomic mass is 9.99. The molecule has 0 aliphatic heterocycles. The van der Waals surface area contributed by atoms with Crippen molar-refractivity contribution in [1.82, 2.24) is 4.98 Å². The molecule has 0 aliphatic rings. The third-order valence-corrected chi connectivity index (χ3v) is 2.57. The first-order chi connectivity index (χ1) is 8.89. The predicted molar refractivity (Wildman–Crippen MR) is 61.6 cm³/mol. The summed E-state index contributed by atoms with van der Waals surface area (Å²) in [5.74, 6) is -1.60. The maximum atomic E-state index is 12.8. The van der Waals surface area contributed by atoms with Gasteiger partial charge in [-0.25, -0.2) is 4.79 Å². The smallest absolute Gasteiger partial charge is 0.417 e. The fourth-order valence-corrected chi connectivity index (χ4v) is 1.69. The Labute approximate surface area is 106 Å². The molecule has 0 saturated carbocycles. The minimum atomic E-state index is -4.71. The van der Waals surface area contributed by atoms with Gasteiger partial charge in [-0.05, 0) is 35.4 Å². The SMILES string of the molecule is O=C(O)c1ccc(-c2ccncc2)cc1C(F)(F)F. The number of hydrogen-bond acceptors (Lipinski definition) is 2. The van der Waals surface area contributed by atoms with Crippen LogP contribution < -0.4 is 0 Å². The standard InChI is InChI=1S/C13H8F3NO2/c14-13(15,16)11-7-9(1-2-10(11)12(18)19)8-3-5-17-6-4-8/h1-7H,(H,18,19). The molecule has 0 atom stereocenters. The lowest BCUT2D eigenvalue weighted by molar-refractivity contribution is -0.138. The molecule has 98 valence electrons. The van der Waals surface area contributed by atoms with Crippen LogP contribution in [0.3, 0.4) is 0 Å². The zero-order valence-corrected chi connectivity index (χ0v) is 9.48. The van der Waals surface area contributed by atoms with Crippen molar-refractivity contribution in [1.29, 1.82) is 0 Å². The molecule has 6 heteroatoms. The molecule has 0 amide bonds. The average Bonchev–Trinajstić information content (AvgIpc) is 2.38. The van der Waals surface area contributed by atoms with Crippen molar-refractivity contribution < 1.29 is 23.1 Å². The van der Waals surface area contributed by atoms with Crippen LogP contribution in [-0.4, -0.2) is 16.1 Å². The molecule has 2 aromatic rings. The quantitative estimate of drug-likeness (QED) is 0.906. The Balaban J connectivity index is 2.60. The molecule has 1 N–H and O–H groups in total. The molecule has 1 aromatic carbocycles. The van der Waals surface area contributed by atoms with E-state index < -0.39 is 23.3 Å². The van der Waals surface area contributed by atoms with E-state index in [0.29, 0.717) is 11.1 Å². The topological polar surface area (TPSA) is 50.2 Å². The van der Waals surface area contributed by atoms with Crippen molar-refractivity contribution in [3.05, 3.63) is 53.9 Å². The van der Waals surface area contributed by atoms with Crippen LogP contribution in [0.25, 0.3) is 11.1 Å². The fourth-order valence-electron chi connectivity index (χ4n) is 1.69. The Kier molecular flexibility index (Phi) is 3.25. The number of halogens is 3. The van der Waals surface area contributed by atoms with Gasteiger partial charge in [0, 0.05) is 12.4 Å². The van der Waals surface area contributed by atoms with Gasteiger partial charge < -0.3 is 5.11 Å². The number of hydrogen-bond donors (Lipinski definition) is 1. The normalized spacial score (nSPS) is 11.3. The lowest BCUT2D eigenvalue weighted by Gasteiger charge is -2.12. The summed E-state index contributed by atoms with van der Waals surface area (Å²) < 4.78 is 38.5. The molecular weight excluding hydrogens is 259 g/mol. The first-order valence-corrected chi connectivity index (χ1v) is 5.24. The van der Waals surface area contributed by atoms with Crippen LogP contribution in [0.5, 0.6) is 0 Å². The van der Waals surface area contributed by atoms with Gasteiger partial charge in [0.2, 0.25) is 0 Å². The van der Waals surface area contributed by atoms with Gasteiger partial charge in [-0.15, -0.1) is 0 Å². The Hall–Kier alpha value is -2.37. The highest BCUT2D eigenvalue weighted by atomic mass is 19.4. The van der Waals surface area contributed by atoms with E-state index in [1.165, 1.54) is 18.5 Å². The molecule has 0 saturated heterocycles. The first-order valence-electron chi connectivity index (χ1n) is 5.24. The number of rotatable bonds is 2. The summed E-state index contributed by atoms with van der Waals surface area (Å²) in [6.07, 6.45) is -1.81. The van der Waals surface area contributed by atoms with Gasteiger partial charge in [-0.1, -0.05) is 6.07 Å². The van der Waals surface area contributed by atoms with E-state index in [1.807, 2.05) is 0 Å². The summed E-state index contributed by atoms with van der Waals surface area (Å²) in [5, 5.41) is 8.78. The number of aromatic nitrogens is 1. The van der Waals surface area contributed by atoms with Gasteiger partial charge in [0.05, 0.1) is 11.1 Å². The molecule has 1 heterocycles. The van der Waals surface area contributed by atoms with Crippen molar-refractivity contribution in [3.63, 3.8) is 0 Å². The second kappa shape index (κ2) is 4.72. The molecule has 0 bridgehead atoms.